The van der Waals surface area contributed by atoms with E-state index in [1.165, 1.54) is 22.3 Å². The summed E-state index contributed by atoms with van der Waals surface area (Å²) in [5.74, 6) is -0.0130. The van der Waals surface area contributed by atoms with E-state index in [-0.39, 0.29) is 23.9 Å². The molecule has 8 heteroatoms. The number of nitrogens with one attached hydrogen (secondary N) is 4. The SMILES string of the molecule is CC(=O)NCCNC1CCc2cc(-c3cccc(-c4cccc(-c5ccc6c(c5)CCC6NCCNC(C)=O)c4Cl)c3Cl)ccc21. The van der Waals surface area contributed by atoms with E-state index in [1.54, 1.807) is 13.8 Å². The summed E-state index contributed by atoms with van der Waals surface area (Å²) < 4.78 is 0. The van der Waals surface area contributed by atoms with Crippen LogP contribution in [0, 0.1) is 0 Å². The minimum Gasteiger partial charge on any atom is -0.355 e. The summed E-state index contributed by atoms with van der Waals surface area (Å²) in [5, 5.41) is 14.2. The van der Waals surface area contributed by atoms with Crippen LogP contribution in [0.3, 0.4) is 0 Å². The molecule has 2 amide bonds. The van der Waals surface area contributed by atoms with Gasteiger partial charge in [0.2, 0.25) is 11.8 Å². The second-order valence-electron chi connectivity index (χ2n) is 12.2. The van der Waals surface area contributed by atoms with Crippen LogP contribution in [0.4, 0.5) is 0 Å². The summed E-state index contributed by atoms with van der Waals surface area (Å²) in [6, 6.07) is 26.2. The van der Waals surface area contributed by atoms with E-state index in [4.69, 9.17) is 23.2 Å². The molecule has 6 rings (SSSR count). The zero-order valence-corrected chi connectivity index (χ0v) is 27.8. The van der Waals surface area contributed by atoms with Crippen molar-refractivity contribution in [2.45, 2.75) is 51.6 Å². The first kappa shape index (κ1) is 32.3. The van der Waals surface area contributed by atoms with Gasteiger partial charge in [0.15, 0.2) is 0 Å². The van der Waals surface area contributed by atoms with Gasteiger partial charge in [-0.2, -0.15) is 0 Å². The zero-order chi connectivity index (χ0) is 32.2. The molecule has 4 N–H and O–H groups in total. The number of hydrogen-bond acceptors (Lipinski definition) is 4. The number of benzene rings is 4. The molecule has 0 spiro atoms. The fourth-order valence-electron chi connectivity index (χ4n) is 6.89. The Morgan fingerprint density at radius 3 is 1.43 bits per heavy atom. The Balaban J connectivity index is 1.21. The largest absolute Gasteiger partial charge is 0.355 e. The minimum absolute atomic E-state index is 0.00650. The van der Waals surface area contributed by atoms with E-state index in [0.717, 1.165) is 72.2 Å². The van der Waals surface area contributed by atoms with E-state index in [2.05, 4.69) is 69.8 Å². The Morgan fingerprint density at radius 1 is 0.609 bits per heavy atom. The highest BCUT2D eigenvalue weighted by molar-refractivity contribution is 6.39. The van der Waals surface area contributed by atoms with Gasteiger partial charge >= 0.3 is 0 Å². The summed E-state index contributed by atoms with van der Waals surface area (Å²) >= 11 is 14.3. The average Bonchev–Trinajstić information content (AvgIpc) is 3.64. The Bertz CT molecular complexity index is 1640. The van der Waals surface area contributed by atoms with Crippen LogP contribution in [-0.2, 0) is 22.4 Å². The summed E-state index contributed by atoms with van der Waals surface area (Å²) in [4.78, 5) is 22.4. The third-order valence-electron chi connectivity index (χ3n) is 9.13. The Labute approximate surface area is 281 Å². The average molecular weight is 656 g/mol. The molecule has 6 nitrogen and oxygen atoms in total. The number of halogens is 2. The van der Waals surface area contributed by atoms with Crippen LogP contribution in [0.1, 0.15) is 61.0 Å². The van der Waals surface area contributed by atoms with E-state index in [0.29, 0.717) is 23.1 Å². The second-order valence-corrected chi connectivity index (χ2v) is 13.0. The molecule has 238 valence electrons. The van der Waals surface area contributed by atoms with E-state index >= 15 is 0 Å². The van der Waals surface area contributed by atoms with Gasteiger partial charge in [0.25, 0.3) is 0 Å². The third kappa shape index (κ3) is 7.01. The molecule has 2 unspecified atom stereocenters. The maximum Gasteiger partial charge on any atom is 0.216 e. The third-order valence-corrected chi connectivity index (χ3v) is 9.94. The summed E-state index contributed by atoms with van der Waals surface area (Å²) in [6.45, 7) is 5.81. The number of carbonyl (C=O) groups excluding carboxylic acids is 2. The van der Waals surface area contributed by atoms with Crippen LogP contribution < -0.4 is 21.3 Å². The smallest absolute Gasteiger partial charge is 0.216 e. The highest BCUT2D eigenvalue weighted by Gasteiger charge is 2.25. The van der Waals surface area contributed by atoms with Gasteiger partial charge in [-0.05, 0) is 59.1 Å². The highest BCUT2D eigenvalue weighted by atomic mass is 35.5. The van der Waals surface area contributed by atoms with E-state index in [9.17, 15) is 9.59 Å². The first-order chi connectivity index (χ1) is 22.3. The summed E-state index contributed by atoms with van der Waals surface area (Å²) in [6.07, 6.45) is 4.07. The van der Waals surface area contributed by atoms with Crippen molar-refractivity contribution in [1.82, 2.24) is 21.3 Å². The monoisotopic (exact) mass is 654 g/mol. The molecule has 2 aliphatic rings. The van der Waals surface area contributed by atoms with Gasteiger partial charge in [-0.15, -0.1) is 0 Å². The fourth-order valence-corrected chi connectivity index (χ4v) is 7.56. The fraction of sp³-hybridized carbons (Fsp3) is 0.316. The molecule has 0 bridgehead atoms. The lowest BCUT2D eigenvalue weighted by molar-refractivity contribution is -0.119. The first-order valence-electron chi connectivity index (χ1n) is 16.1. The summed E-state index contributed by atoms with van der Waals surface area (Å²) in [5.41, 5.74) is 11.3. The Kier molecular flexibility index (Phi) is 10.1. The molecule has 4 aromatic carbocycles. The van der Waals surface area contributed by atoms with Crippen LogP contribution in [0.2, 0.25) is 10.0 Å². The molecule has 0 fully saturated rings. The first-order valence-corrected chi connectivity index (χ1v) is 16.8. The lowest BCUT2D eigenvalue weighted by atomic mass is 9.93. The van der Waals surface area contributed by atoms with Crippen LogP contribution in [-0.4, -0.2) is 38.0 Å². The van der Waals surface area contributed by atoms with Crippen molar-refractivity contribution < 1.29 is 9.59 Å². The van der Waals surface area contributed by atoms with Gasteiger partial charge in [0.05, 0.1) is 10.0 Å². The van der Waals surface area contributed by atoms with Gasteiger partial charge < -0.3 is 21.3 Å². The molecule has 4 aromatic rings. The van der Waals surface area contributed by atoms with Crippen molar-refractivity contribution in [2.75, 3.05) is 26.2 Å². The van der Waals surface area contributed by atoms with Crippen LogP contribution in [0.25, 0.3) is 33.4 Å². The molecular formula is C38H40Cl2N4O2. The number of amides is 2. The second kappa shape index (κ2) is 14.4. The predicted octanol–water partition coefficient (Wildman–Crippen LogP) is 7.42. The molecule has 2 aliphatic carbocycles. The number of aryl methyl sites for hydroxylation is 2. The maximum absolute atomic E-state index is 11.2. The molecule has 2 atom stereocenters. The molecule has 0 aliphatic heterocycles. The Morgan fingerprint density at radius 2 is 1.02 bits per heavy atom. The molecule has 0 radical (unpaired) electrons. The highest BCUT2D eigenvalue weighted by Crippen LogP contribution is 2.44. The van der Waals surface area contributed by atoms with Crippen molar-refractivity contribution >= 4 is 35.0 Å². The van der Waals surface area contributed by atoms with E-state index < -0.39 is 0 Å². The number of hydrogen-bond donors (Lipinski definition) is 4. The lowest BCUT2D eigenvalue weighted by Crippen LogP contribution is -2.31. The normalized spacial score (nSPS) is 16.6. The van der Waals surface area contributed by atoms with Crippen LogP contribution in [0.15, 0.2) is 72.8 Å². The quantitative estimate of drug-likeness (QED) is 0.127. The Hall–Kier alpha value is -3.68. The van der Waals surface area contributed by atoms with Crippen molar-refractivity contribution in [2.24, 2.45) is 0 Å². The summed E-state index contributed by atoms with van der Waals surface area (Å²) in [7, 11) is 0. The van der Waals surface area contributed by atoms with Gasteiger partial charge in [0, 0.05) is 74.4 Å². The van der Waals surface area contributed by atoms with Gasteiger partial charge in [0.1, 0.15) is 0 Å². The number of fused-ring (bicyclic) bond motifs is 2. The number of carbonyl (C=O) groups is 2. The predicted molar refractivity (Wildman–Crippen MR) is 188 cm³/mol. The molecule has 46 heavy (non-hydrogen) atoms. The van der Waals surface area contributed by atoms with Gasteiger partial charge in [-0.3, -0.25) is 9.59 Å². The number of rotatable bonds is 11. The van der Waals surface area contributed by atoms with Gasteiger partial charge in [-0.1, -0.05) is 96.0 Å². The maximum atomic E-state index is 11.2. The van der Waals surface area contributed by atoms with Crippen LogP contribution >= 0.6 is 23.2 Å². The lowest BCUT2D eigenvalue weighted by Gasteiger charge is -2.17. The van der Waals surface area contributed by atoms with Crippen LogP contribution in [0.5, 0.6) is 0 Å². The van der Waals surface area contributed by atoms with Gasteiger partial charge in [-0.25, -0.2) is 0 Å². The van der Waals surface area contributed by atoms with Crippen molar-refractivity contribution in [3.8, 4) is 33.4 Å². The molecular weight excluding hydrogens is 615 g/mol. The van der Waals surface area contributed by atoms with Crippen molar-refractivity contribution in [3.63, 3.8) is 0 Å². The topological polar surface area (TPSA) is 82.3 Å². The van der Waals surface area contributed by atoms with Crippen molar-refractivity contribution in [1.29, 1.82) is 0 Å². The van der Waals surface area contributed by atoms with E-state index in [1.807, 2.05) is 24.3 Å². The minimum atomic E-state index is -0.00650. The molecule has 0 saturated heterocycles. The van der Waals surface area contributed by atoms with Crippen molar-refractivity contribution in [3.05, 3.63) is 105 Å². The molecule has 0 saturated carbocycles. The zero-order valence-electron chi connectivity index (χ0n) is 26.3. The molecule has 0 aromatic heterocycles. The molecule has 0 heterocycles. The standard InChI is InChI=1S/C38H40Cl2N4O2/c1-23(45)41-17-19-43-35-15-11-25-21-27(9-13-29(25)35)31-5-3-7-33(37(31)39)34-8-4-6-32(38(34)40)28-10-14-30-26(22-28)12-16-36(30)44-20-18-42-24(2)46/h3-10,13-14,21-22,35-36,43-44H,11-12,15-20H2,1-2H3,(H,41,45)(H,42,46).